The maximum absolute atomic E-state index is 12.0. The molecule has 2 rings (SSSR count). The van der Waals surface area contributed by atoms with Crippen LogP contribution in [0.15, 0.2) is 0 Å². The van der Waals surface area contributed by atoms with E-state index in [4.69, 9.17) is 0 Å². The van der Waals surface area contributed by atoms with Crippen LogP contribution in [0.25, 0.3) is 0 Å². The number of ketones is 1. The molecule has 1 saturated carbocycles. The molecule has 0 aromatic rings. The molecule has 0 bridgehead atoms. The van der Waals surface area contributed by atoms with Gasteiger partial charge in [-0.05, 0) is 38.5 Å². The third kappa shape index (κ3) is 2.45. The van der Waals surface area contributed by atoms with Crippen LogP contribution in [0.3, 0.4) is 0 Å². The predicted octanol–water partition coefficient (Wildman–Crippen LogP) is 2.15. The van der Waals surface area contributed by atoms with Gasteiger partial charge in [0.1, 0.15) is 5.78 Å². The topological polar surface area (TPSA) is 37.4 Å². The van der Waals surface area contributed by atoms with Gasteiger partial charge in [0.15, 0.2) is 0 Å². The lowest BCUT2D eigenvalue weighted by molar-refractivity contribution is -0.140. The molecule has 0 spiro atoms. The van der Waals surface area contributed by atoms with Gasteiger partial charge in [-0.15, -0.1) is 0 Å². The summed E-state index contributed by atoms with van der Waals surface area (Å²) in [6.07, 6.45) is 7.46. The van der Waals surface area contributed by atoms with Crippen molar-refractivity contribution in [3.63, 3.8) is 0 Å². The highest BCUT2D eigenvalue weighted by Crippen LogP contribution is 2.35. The summed E-state index contributed by atoms with van der Waals surface area (Å²) in [5, 5.41) is 0. The number of rotatable bonds is 2. The van der Waals surface area contributed by atoms with E-state index in [1.807, 2.05) is 4.90 Å². The summed E-state index contributed by atoms with van der Waals surface area (Å²) in [5.74, 6) is 0.755. The van der Waals surface area contributed by atoms with Crippen LogP contribution < -0.4 is 0 Å². The summed E-state index contributed by atoms with van der Waals surface area (Å²) >= 11 is 0. The number of amides is 1. The van der Waals surface area contributed by atoms with Gasteiger partial charge < -0.3 is 4.90 Å². The summed E-state index contributed by atoms with van der Waals surface area (Å²) in [7, 11) is 0. The van der Waals surface area contributed by atoms with E-state index >= 15 is 0 Å². The highest BCUT2D eigenvalue weighted by molar-refractivity contribution is 5.96. The predicted molar refractivity (Wildman–Crippen MR) is 62.0 cm³/mol. The van der Waals surface area contributed by atoms with E-state index in [0.29, 0.717) is 12.0 Å². The maximum Gasteiger partial charge on any atom is 0.230 e. The van der Waals surface area contributed by atoms with Crippen molar-refractivity contribution in [1.82, 2.24) is 4.90 Å². The minimum atomic E-state index is -0.0112. The van der Waals surface area contributed by atoms with Gasteiger partial charge in [-0.1, -0.05) is 12.8 Å². The van der Waals surface area contributed by atoms with Gasteiger partial charge in [-0.3, -0.25) is 9.59 Å². The van der Waals surface area contributed by atoms with Gasteiger partial charge in [-0.2, -0.15) is 0 Å². The van der Waals surface area contributed by atoms with E-state index in [2.05, 4.69) is 0 Å². The number of Topliss-reactive ketones (excluding diaryl/α,β-unsaturated/α-hetero) is 1. The number of hydrogen-bond donors (Lipinski definition) is 0. The number of piperidine rings is 1. The molecule has 1 saturated heterocycles. The summed E-state index contributed by atoms with van der Waals surface area (Å²) in [6, 6.07) is 0.439. The lowest BCUT2D eigenvalue weighted by Crippen LogP contribution is -2.49. The number of fused-ring (bicyclic) bond motifs is 1. The number of likely N-dealkylation sites (tertiary alicyclic amines) is 1. The zero-order valence-corrected chi connectivity index (χ0v) is 10.1. The van der Waals surface area contributed by atoms with E-state index in [-0.39, 0.29) is 18.1 Å². The minimum Gasteiger partial charge on any atom is -0.339 e. The largest absolute Gasteiger partial charge is 0.339 e. The fourth-order valence-electron chi connectivity index (χ4n) is 3.25. The molecule has 3 nitrogen and oxygen atoms in total. The van der Waals surface area contributed by atoms with Gasteiger partial charge in [0.05, 0.1) is 6.42 Å². The van der Waals surface area contributed by atoms with Crippen LogP contribution in [0, 0.1) is 5.92 Å². The van der Waals surface area contributed by atoms with Crippen LogP contribution >= 0.6 is 0 Å². The highest BCUT2D eigenvalue weighted by atomic mass is 16.2. The summed E-state index contributed by atoms with van der Waals surface area (Å²) < 4.78 is 0. The second-order valence-electron chi connectivity index (χ2n) is 5.22. The standard InChI is InChI=1S/C13H21NO2/c1-10(15)9-13(16)14-8-4-6-11-5-2-3-7-12(11)14/h11-12H,2-9H2,1H3/t11-,12-/m1/s1. The van der Waals surface area contributed by atoms with Crippen molar-refractivity contribution in [3.8, 4) is 0 Å². The third-order valence-electron chi connectivity index (χ3n) is 3.96. The summed E-state index contributed by atoms with van der Waals surface area (Å²) in [6.45, 7) is 2.37. The Balaban J connectivity index is 2.01. The van der Waals surface area contributed by atoms with Crippen molar-refractivity contribution in [1.29, 1.82) is 0 Å². The molecule has 1 amide bonds. The fraction of sp³-hybridized carbons (Fsp3) is 0.846. The van der Waals surface area contributed by atoms with Crippen LogP contribution in [0.5, 0.6) is 0 Å². The van der Waals surface area contributed by atoms with Crippen molar-refractivity contribution in [2.45, 2.75) is 57.9 Å². The van der Waals surface area contributed by atoms with Crippen LogP contribution in [-0.4, -0.2) is 29.2 Å². The molecule has 2 fully saturated rings. The Kier molecular flexibility index (Phi) is 3.62. The number of carbonyl (C=O) groups excluding carboxylic acids is 2. The monoisotopic (exact) mass is 223 g/mol. The molecule has 2 atom stereocenters. The smallest absolute Gasteiger partial charge is 0.230 e. The Bertz CT molecular complexity index is 286. The SMILES string of the molecule is CC(=O)CC(=O)N1CCC[C@H]2CCCC[C@H]21. The van der Waals surface area contributed by atoms with E-state index in [0.717, 1.165) is 19.4 Å². The summed E-state index contributed by atoms with van der Waals surface area (Å²) in [5.41, 5.74) is 0. The molecule has 0 aromatic carbocycles. The Hall–Kier alpha value is -0.860. The lowest BCUT2D eigenvalue weighted by Gasteiger charge is -2.44. The quantitative estimate of drug-likeness (QED) is 0.673. The van der Waals surface area contributed by atoms with Crippen molar-refractivity contribution in [2.24, 2.45) is 5.92 Å². The first-order valence-corrected chi connectivity index (χ1v) is 6.47. The molecule has 0 radical (unpaired) electrons. The Morgan fingerprint density at radius 3 is 2.56 bits per heavy atom. The zero-order valence-electron chi connectivity index (χ0n) is 10.1. The van der Waals surface area contributed by atoms with Crippen molar-refractivity contribution in [3.05, 3.63) is 0 Å². The summed E-state index contributed by atoms with van der Waals surface area (Å²) in [4.78, 5) is 25.0. The Labute approximate surface area is 97.2 Å². The molecule has 1 aliphatic heterocycles. The van der Waals surface area contributed by atoms with Gasteiger partial charge in [0.25, 0.3) is 0 Å². The number of hydrogen-bond acceptors (Lipinski definition) is 2. The Morgan fingerprint density at radius 1 is 1.12 bits per heavy atom. The van der Waals surface area contributed by atoms with Crippen LogP contribution in [0.2, 0.25) is 0 Å². The first kappa shape index (κ1) is 11.6. The third-order valence-corrected chi connectivity index (χ3v) is 3.96. The van der Waals surface area contributed by atoms with E-state index in [9.17, 15) is 9.59 Å². The Morgan fingerprint density at radius 2 is 1.81 bits per heavy atom. The second-order valence-corrected chi connectivity index (χ2v) is 5.22. The minimum absolute atomic E-state index is 0.0112. The molecule has 2 aliphatic rings. The second kappa shape index (κ2) is 4.98. The molecule has 16 heavy (non-hydrogen) atoms. The molecule has 3 heteroatoms. The van der Waals surface area contributed by atoms with Crippen LogP contribution in [-0.2, 0) is 9.59 Å². The molecular weight excluding hydrogens is 202 g/mol. The number of carbonyl (C=O) groups is 2. The molecule has 0 unspecified atom stereocenters. The van der Waals surface area contributed by atoms with E-state index in [1.165, 1.54) is 32.6 Å². The maximum atomic E-state index is 12.0. The van der Waals surface area contributed by atoms with E-state index in [1.54, 1.807) is 0 Å². The van der Waals surface area contributed by atoms with Crippen molar-refractivity contribution in [2.75, 3.05) is 6.54 Å². The molecule has 0 N–H and O–H groups in total. The average molecular weight is 223 g/mol. The van der Waals surface area contributed by atoms with Gasteiger partial charge in [0, 0.05) is 12.6 Å². The van der Waals surface area contributed by atoms with Crippen molar-refractivity contribution < 1.29 is 9.59 Å². The fourth-order valence-corrected chi connectivity index (χ4v) is 3.25. The lowest BCUT2D eigenvalue weighted by atomic mass is 9.78. The van der Waals surface area contributed by atoms with E-state index < -0.39 is 0 Å². The average Bonchev–Trinajstić information content (AvgIpc) is 2.27. The first-order valence-electron chi connectivity index (χ1n) is 6.47. The van der Waals surface area contributed by atoms with Crippen LogP contribution in [0.4, 0.5) is 0 Å². The molecular formula is C13H21NO2. The van der Waals surface area contributed by atoms with Gasteiger partial charge in [-0.25, -0.2) is 0 Å². The highest BCUT2D eigenvalue weighted by Gasteiger charge is 2.35. The number of nitrogens with zero attached hydrogens (tertiary/aromatic N) is 1. The zero-order chi connectivity index (χ0) is 11.5. The molecule has 0 aromatic heterocycles. The molecule has 1 heterocycles. The molecule has 1 aliphatic carbocycles. The first-order chi connectivity index (χ1) is 7.68. The van der Waals surface area contributed by atoms with Crippen LogP contribution in [0.1, 0.15) is 51.9 Å². The van der Waals surface area contributed by atoms with Crippen molar-refractivity contribution >= 4 is 11.7 Å². The van der Waals surface area contributed by atoms with Gasteiger partial charge in [0.2, 0.25) is 5.91 Å². The molecule has 90 valence electrons. The van der Waals surface area contributed by atoms with Gasteiger partial charge >= 0.3 is 0 Å². The normalized spacial score (nSPS) is 29.7.